The Labute approximate surface area is 334 Å². The van der Waals surface area contributed by atoms with Gasteiger partial charge < -0.3 is 9.80 Å². The lowest BCUT2D eigenvalue weighted by atomic mass is 9.33. The molecule has 0 aromatic heterocycles. The maximum Gasteiger partial charge on any atom is 0.252 e. The lowest BCUT2D eigenvalue weighted by molar-refractivity contribution is 1.25. The van der Waals surface area contributed by atoms with Crippen molar-refractivity contribution in [2.75, 3.05) is 9.80 Å². The second-order valence-electron chi connectivity index (χ2n) is 14.9. The number of hydrogen-bond acceptors (Lipinski definition) is 2. The number of fused-ring (bicyclic) bond motifs is 4. The fourth-order valence-corrected chi connectivity index (χ4v) is 9.07. The molecule has 9 aromatic carbocycles. The first-order chi connectivity index (χ1) is 28.3. The third-order valence-electron chi connectivity index (χ3n) is 11.6. The third-order valence-corrected chi connectivity index (χ3v) is 11.6. The van der Waals surface area contributed by atoms with Gasteiger partial charge in [0.05, 0.1) is 0 Å². The quantitative estimate of drug-likeness (QED) is 0.158. The van der Waals surface area contributed by atoms with Crippen molar-refractivity contribution in [2.45, 2.75) is 0 Å². The van der Waals surface area contributed by atoms with Crippen LogP contribution in [0.1, 0.15) is 0 Å². The van der Waals surface area contributed by atoms with Crippen LogP contribution in [0, 0.1) is 0 Å². The van der Waals surface area contributed by atoms with Crippen molar-refractivity contribution in [3.63, 3.8) is 0 Å². The summed E-state index contributed by atoms with van der Waals surface area (Å²) in [4.78, 5) is 5.01. The van der Waals surface area contributed by atoms with Crippen LogP contribution in [0.4, 0.5) is 34.1 Å². The minimum absolute atomic E-state index is 0.00175. The van der Waals surface area contributed by atoms with Crippen LogP contribution in [0.25, 0.3) is 44.5 Å². The first-order valence-electron chi connectivity index (χ1n) is 19.7. The number of benzene rings is 9. The van der Waals surface area contributed by atoms with Crippen molar-refractivity contribution in [3.8, 4) is 44.5 Å². The van der Waals surface area contributed by atoms with Gasteiger partial charge in [0, 0.05) is 34.1 Å². The van der Waals surface area contributed by atoms with E-state index in [0.29, 0.717) is 0 Å². The molecule has 266 valence electrons. The Bertz CT molecular complexity index is 2880. The van der Waals surface area contributed by atoms with Gasteiger partial charge in [-0.25, -0.2) is 0 Å². The molecule has 0 bridgehead atoms. The van der Waals surface area contributed by atoms with E-state index in [2.05, 4.69) is 234 Å². The van der Waals surface area contributed by atoms with E-state index in [1.54, 1.807) is 0 Å². The van der Waals surface area contributed by atoms with Gasteiger partial charge in [-0.15, -0.1) is 0 Å². The zero-order chi connectivity index (χ0) is 37.7. The predicted molar refractivity (Wildman–Crippen MR) is 242 cm³/mol. The fraction of sp³-hybridized carbons (Fsp3) is 0. The molecule has 2 aliphatic heterocycles. The molecule has 0 fully saturated rings. The Hall–Kier alpha value is -7.36. The highest BCUT2D eigenvalue weighted by atomic mass is 15.2. The Kier molecular flexibility index (Phi) is 7.96. The maximum atomic E-state index is 2.52. The molecule has 11 rings (SSSR count). The van der Waals surface area contributed by atoms with Crippen LogP contribution in [0.2, 0.25) is 0 Å². The molecule has 0 N–H and O–H groups in total. The van der Waals surface area contributed by atoms with Crippen molar-refractivity contribution in [1.82, 2.24) is 0 Å². The minimum Gasteiger partial charge on any atom is -0.311 e. The molecule has 0 amide bonds. The standard InChI is InChI=1S/C54H37BN2/c1-6-18-38(19-7-1)40-30-32-45(33-31-40)56-50-29-17-16-28-48(50)55-49-36-46(41-22-10-3-11-23-41)47(42-24-12-4-13-25-42)37-51(49)57(44-26-14-5-15-27-44)53-35-43(34-52(56)54(53)55)39-20-8-2-9-21-39/h1-37H. The molecule has 0 spiro atoms. The SMILES string of the molecule is c1ccc(-c2ccc(N3c4ccccc4B4c5cc(-c6ccccc6)c(-c6ccccc6)cc5N(c5ccccc5)c5cc(-c6ccccc6)cc3c54)cc2)cc1. The molecular weight excluding hydrogens is 687 g/mol. The van der Waals surface area contributed by atoms with Crippen molar-refractivity contribution < 1.29 is 0 Å². The van der Waals surface area contributed by atoms with Crippen LogP contribution in [0.5, 0.6) is 0 Å². The normalized spacial score (nSPS) is 12.5. The van der Waals surface area contributed by atoms with Crippen molar-refractivity contribution in [2.24, 2.45) is 0 Å². The van der Waals surface area contributed by atoms with Crippen molar-refractivity contribution in [1.29, 1.82) is 0 Å². The van der Waals surface area contributed by atoms with Gasteiger partial charge in [0.2, 0.25) is 0 Å². The highest BCUT2D eigenvalue weighted by Crippen LogP contribution is 2.48. The second kappa shape index (κ2) is 13.7. The molecule has 2 nitrogen and oxygen atoms in total. The van der Waals surface area contributed by atoms with Gasteiger partial charge >= 0.3 is 0 Å². The van der Waals surface area contributed by atoms with Gasteiger partial charge in [0.25, 0.3) is 6.71 Å². The highest BCUT2D eigenvalue weighted by molar-refractivity contribution is 7.00. The topological polar surface area (TPSA) is 6.48 Å². The maximum absolute atomic E-state index is 2.52. The summed E-state index contributed by atoms with van der Waals surface area (Å²) in [5.41, 5.74) is 20.6. The molecule has 0 saturated heterocycles. The van der Waals surface area contributed by atoms with Crippen LogP contribution >= 0.6 is 0 Å². The molecule has 3 heteroatoms. The molecule has 0 radical (unpaired) electrons. The molecule has 0 aliphatic carbocycles. The Morgan fingerprint density at radius 2 is 0.684 bits per heavy atom. The number of para-hydroxylation sites is 2. The summed E-state index contributed by atoms with van der Waals surface area (Å²) in [6.07, 6.45) is 0. The number of hydrogen-bond donors (Lipinski definition) is 0. The average molecular weight is 725 g/mol. The van der Waals surface area contributed by atoms with E-state index in [1.807, 2.05) is 0 Å². The third kappa shape index (κ3) is 5.59. The minimum atomic E-state index is -0.00175. The summed E-state index contributed by atoms with van der Waals surface area (Å²) in [6.45, 7) is -0.00175. The van der Waals surface area contributed by atoms with Gasteiger partial charge in [-0.3, -0.25) is 0 Å². The van der Waals surface area contributed by atoms with Gasteiger partial charge in [-0.05, 0) is 109 Å². The van der Waals surface area contributed by atoms with Crippen molar-refractivity contribution in [3.05, 3.63) is 224 Å². The number of anilines is 6. The van der Waals surface area contributed by atoms with Gasteiger partial charge in [0.1, 0.15) is 0 Å². The fourth-order valence-electron chi connectivity index (χ4n) is 9.07. The Morgan fingerprint density at radius 1 is 0.263 bits per heavy atom. The summed E-state index contributed by atoms with van der Waals surface area (Å²) in [5, 5.41) is 0. The summed E-state index contributed by atoms with van der Waals surface area (Å²) in [5.74, 6) is 0. The van der Waals surface area contributed by atoms with Gasteiger partial charge in [-0.2, -0.15) is 0 Å². The van der Waals surface area contributed by atoms with E-state index in [0.717, 1.165) is 11.4 Å². The highest BCUT2D eigenvalue weighted by Gasteiger charge is 2.44. The van der Waals surface area contributed by atoms with Gasteiger partial charge in [0.15, 0.2) is 0 Å². The van der Waals surface area contributed by atoms with Crippen LogP contribution < -0.4 is 26.2 Å². The average Bonchev–Trinajstić information content (AvgIpc) is 3.30. The van der Waals surface area contributed by atoms with E-state index in [9.17, 15) is 0 Å². The van der Waals surface area contributed by atoms with Crippen LogP contribution in [-0.2, 0) is 0 Å². The predicted octanol–water partition coefficient (Wildman–Crippen LogP) is 12.4. The van der Waals surface area contributed by atoms with Crippen molar-refractivity contribution >= 4 is 57.2 Å². The van der Waals surface area contributed by atoms with Crippen LogP contribution in [0.3, 0.4) is 0 Å². The second-order valence-corrected chi connectivity index (χ2v) is 14.9. The molecule has 57 heavy (non-hydrogen) atoms. The van der Waals surface area contributed by atoms with E-state index >= 15 is 0 Å². The summed E-state index contributed by atoms with van der Waals surface area (Å²) in [7, 11) is 0. The summed E-state index contributed by atoms with van der Waals surface area (Å²) >= 11 is 0. The zero-order valence-electron chi connectivity index (χ0n) is 31.3. The van der Waals surface area contributed by atoms with E-state index < -0.39 is 0 Å². The monoisotopic (exact) mass is 724 g/mol. The summed E-state index contributed by atoms with van der Waals surface area (Å²) in [6, 6.07) is 82.0. The van der Waals surface area contributed by atoms with E-state index in [1.165, 1.54) is 83.6 Å². The smallest absolute Gasteiger partial charge is 0.252 e. The van der Waals surface area contributed by atoms with Gasteiger partial charge in [-0.1, -0.05) is 176 Å². The molecule has 0 saturated carbocycles. The Balaban J connectivity index is 1.23. The largest absolute Gasteiger partial charge is 0.311 e. The molecule has 9 aromatic rings. The molecule has 2 heterocycles. The Morgan fingerprint density at radius 3 is 1.26 bits per heavy atom. The lowest BCUT2D eigenvalue weighted by Crippen LogP contribution is -2.61. The zero-order valence-corrected chi connectivity index (χ0v) is 31.3. The molecule has 0 unspecified atom stereocenters. The van der Waals surface area contributed by atoms with Crippen LogP contribution in [-0.4, -0.2) is 6.71 Å². The molecular formula is C54H37BN2. The van der Waals surface area contributed by atoms with E-state index in [4.69, 9.17) is 0 Å². The number of nitrogens with zero attached hydrogens (tertiary/aromatic N) is 2. The molecule has 0 atom stereocenters. The first-order valence-corrected chi connectivity index (χ1v) is 19.7. The lowest BCUT2D eigenvalue weighted by Gasteiger charge is -2.44. The summed E-state index contributed by atoms with van der Waals surface area (Å²) < 4.78 is 0. The van der Waals surface area contributed by atoms with E-state index in [-0.39, 0.29) is 6.71 Å². The number of rotatable bonds is 6. The molecule has 2 aliphatic rings. The first kappa shape index (κ1) is 33.0. The van der Waals surface area contributed by atoms with Crippen LogP contribution in [0.15, 0.2) is 224 Å².